The van der Waals surface area contributed by atoms with Crippen LogP contribution in [-0.4, -0.2) is 39.9 Å². The van der Waals surface area contributed by atoms with Crippen molar-refractivity contribution in [3.05, 3.63) is 40.1 Å². The maximum absolute atomic E-state index is 11.3. The normalized spacial score (nSPS) is 15.8. The zero-order valence-corrected chi connectivity index (χ0v) is 17.2. The molecule has 0 radical (unpaired) electrons. The molecule has 1 aromatic heterocycles. The Hall–Kier alpha value is -3.43. The average Bonchev–Trinajstić information content (AvgIpc) is 3.15. The molecule has 10 nitrogen and oxygen atoms in total. The number of anilines is 4. The summed E-state index contributed by atoms with van der Waals surface area (Å²) in [4.78, 5) is 33.3. The fourth-order valence-corrected chi connectivity index (χ4v) is 3.47. The largest absolute Gasteiger partial charge is 0.393 e. The molecular formula is C20H27N7O3. The number of unbranched alkanes of at least 4 members (excludes halogenated alkanes) is 1. The number of nitro benzene ring substituents is 1. The molecule has 2 aromatic rings. The van der Waals surface area contributed by atoms with Gasteiger partial charge in [0.25, 0.3) is 5.69 Å². The SMILES string of the molecule is CCCCc1cc(N2CC[C@H](NC(C)=O)C2)nc(Nc2ccc(N)c([N+](=O)[O-])c2)n1. The molecule has 0 spiro atoms. The molecule has 3 rings (SSSR count). The zero-order chi connectivity index (χ0) is 21.7. The molecule has 1 aliphatic heterocycles. The predicted octanol–water partition coefficient (Wildman–Crippen LogP) is 2.77. The summed E-state index contributed by atoms with van der Waals surface area (Å²) in [6.45, 7) is 5.09. The first-order valence-electron chi connectivity index (χ1n) is 10.1. The van der Waals surface area contributed by atoms with Crippen molar-refractivity contribution in [1.29, 1.82) is 0 Å². The Morgan fingerprint density at radius 1 is 1.37 bits per heavy atom. The number of aryl methyl sites for hydroxylation is 1. The predicted molar refractivity (Wildman–Crippen MR) is 116 cm³/mol. The Labute approximate surface area is 175 Å². The molecule has 1 aliphatic rings. The van der Waals surface area contributed by atoms with Crippen LogP contribution in [0.2, 0.25) is 0 Å². The highest BCUT2D eigenvalue weighted by molar-refractivity contribution is 5.73. The fraction of sp³-hybridized carbons (Fsp3) is 0.450. The van der Waals surface area contributed by atoms with Gasteiger partial charge in [-0.3, -0.25) is 14.9 Å². The molecule has 0 saturated carbocycles. The van der Waals surface area contributed by atoms with E-state index in [1.54, 1.807) is 6.07 Å². The number of nitrogens with zero attached hydrogens (tertiary/aromatic N) is 4. The van der Waals surface area contributed by atoms with Crippen LogP contribution < -0.4 is 21.3 Å². The Morgan fingerprint density at radius 3 is 2.87 bits per heavy atom. The molecular weight excluding hydrogens is 386 g/mol. The maximum atomic E-state index is 11.3. The molecule has 0 bridgehead atoms. The number of hydrogen-bond acceptors (Lipinski definition) is 8. The number of rotatable bonds is 8. The van der Waals surface area contributed by atoms with Crippen LogP contribution in [0.3, 0.4) is 0 Å². The number of nitro groups is 1. The molecule has 0 unspecified atom stereocenters. The number of amides is 1. The van der Waals surface area contributed by atoms with Gasteiger partial charge < -0.3 is 21.3 Å². The summed E-state index contributed by atoms with van der Waals surface area (Å²) < 4.78 is 0. The lowest BCUT2D eigenvalue weighted by Gasteiger charge is -2.19. The van der Waals surface area contributed by atoms with Gasteiger partial charge in [0.1, 0.15) is 11.5 Å². The second-order valence-corrected chi connectivity index (χ2v) is 7.43. The monoisotopic (exact) mass is 413 g/mol. The van der Waals surface area contributed by atoms with E-state index in [0.29, 0.717) is 18.2 Å². The summed E-state index contributed by atoms with van der Waals surface area (Å²) in [5.74, 6) is 1.11. The van der Waals surface area contributed by atoms with E-state index < -0.39 is 4.92 Å². The van der Waals surface area contributed by atoms with Gasteiger partial charge in [-0.25, -0.2) is 4.98 Å². The lowest BCUT2D eigenvalue weighted by Crippen LogP contribution is -2.35. The van der Waals surface area contributed by atoms with Crippen LogP contribution in [0.25, 0.3) is 0 Å². The van der Waals surface area contributed by atoms with Gasteiger partial charge in [-0.2, -0.15) is 4.98 Å². The van der Waals surface area contributed by atoms with Crippen LogP contribution in [0, 0.1) is 10.1 Å². The summed E-state index contributed by atoms with van der Waals surface area (Å²) in [5, 5.41) is 17.2. The van der Waals surface area contributed by atoms with Crippen LogP contribution in [0.1, 0.15) is 38.8 Å². The number of nitrogen functional groups attached to an aromatic ring is 1. The van der Waals surface area contributed by atoms with Crippen molar-refractivity contribution in [1.82, 2.24) is 15.3 Å². The van der Waals surface area contributed by atoms with Gasteiger partial charge in [-0.15, -0.1) is 0 Å². The van der Waals surface area contributed by atoms with Crippen molar-refractivity contribution in [2.24, 2.45) is 0 Å². The first kappa shape index (κ1) is 21.3. The lowest BCUT2D eigenvalue weighted by molar-refractivity contribution is -0.383. The third kappa shape index (κ3) is 5.34. The van der Waals surface area contributed by atoms with Crippen molar-refractivity contribution in [3.8, 4) is 0 Å². The van der Waals surface area contributed by atoms with Crippen molar-refractivity contribution in [2.45, 2.75) is 45.6 Å². The summed E-state index contributed by atoms with van der Waals surface area (Å²) in [6, 6.07) is 6.59. The fourth-order valence-electron chi connectivity index (χ4n) is 3.47. The molecule has 1 saturated heterocycles. The van der Waals surface area contributed by atoms with Crippen molar-refractivity contribution < 1.29 is 9.72 Å². The van der Waals surface area contributed by atoms with Crippen LogP contribution in [0.5, 0.6) is 0 Å². The average molecular weight is 413 g/mol. The second kappa shape index (κ2) is 9.38. The van der Waals surface area contributed by atoms with E-state index in [-0.39, 0.29) is 23.3 Å². The first-order valence-corrected chi connectivity index (χ1v) is 10.1. The van der Waals surface area contributed by atoms with Gasteiger partial charge in [-0.05, 0) is 31.4 Å². The summed E-state index contributed by atoms with van der Waals surface area (Å²) >= 11 is 0. The first-order chi connectivity index (χ1) is 14.4. The van der Waals surface area contributed by atoms with Crippen LogP contribution in [0.15, 0.2) is 24.3 Å². The molecule has 0 aliphatic carbocycles. The Morgan fingerprint density at radius 2 is 2.17 bits per heavy atom. The summed E-state index contributed by atoms with van der Waals surface area (Å²) in [7, 11) is 0. The van der Waals surface area contributed by atoms with Crippen molar-refractivity contribution in [2.75, 3.05) is 29.0 Å². The lowest BCUT2D eigenvalue weighted by atomic mass is 10.2. The molecule has 4 N–H and O–H groups in total. The van der Waals surface area contributed by atoms with Crippen molar-refractivity contribution in [3.63, 3.8) is 0 Å². The number of hydrogen-bond donors (Lipinski definition) is 3. The number of carbonyl (C=O) groups excluding carboxylic acids is 1. The van der Waals surface area contributed by atoms with Gasteiger partial charge in [0.2, 0.25) is 11.9 Å². The van der Waals surface area contributed by atoms with E-state index in [4.69, 9.17) is 5.73 Å². The molecule has 1 aromatic carbocycles. The second-order valence-electron chi connectivity index (χ2n) is 7.43. The minimum atomic E-state index is -0.517. The quantitative estimate of drug-likeness (QED) is 0.341. The van der Waals surface area contributed by atoms with Gasteiger partial charge in [0, 0.05) is 49.6 Å². The molecule has 1 atom stereocenters. The minimum absolute atomic E-state index is 0.0412. The highest BCUT2D eigenvalue weighted by Gasteiger charge is 2.25. The Balaban J connectivity index is 1.85. The zero-order valence-electron chi connectivity index (χ0n) is 17.2. The summed E-state index contributed by atoms with van der Waals surface area (Å²) in [6.07, 6.45) is 3.70. The number of carbonyl (C=O) groups is 1. The maximum Gasteiger partial charge on any atom is 0.294 e. The Kier molecular flexibility index (Phi) is 6.65. The van der Waals surface area contributed by atoms with Gasteiger partial charge in [0.05, 0.1) is 4.92 Å². The number of nitrogens with two attached hydrogens (primary N) is 1. The highest BCUT2D eigenvalue weighted by atomic mass is 16.6. The molecule has 30 heavy (non-hydrogen) atoms. The smallest absolute Gasteiger partial charge is 0.294 e. The standard InChI is InChI=1S/C20H27N7O3/c1-3-4-5-14-11-19(26-9-8-16(12-26)22-13(2)28)25-20(23-14)24-15-6-7-17(21)18(10-15)27(29)30/h6-7,10-11,16H,3-5,8-9,12,21H2,1-2H3,(H,22,28)(H,23,24,25)/t16-/m0/s1. The van der Waals surface area contributed by atoms with Crippen LogP contribution in [0.4, 0.5) is 28.8 Å². The van der Waals surface area contributed by atoms with Gasteiger partial charge in [-0.1, -0.05) is 13.3 Å². The Bertz CT molecular complexity index is 935. The van der Waals surface area contributed by atoms with E-state index in [9.17, 15) is 14.9 Å². The minimum Gasteiger partial charge on any atom is -0.393 e. The van der Waals surface area contributed by atoms with E-state index in [1.165, 1.54) is 19.1 Å². The van der Waals surface area contributed by atoms with E-state index in [2.05, 4.69) is 32.4 Å². The highest BCUT2D eigenvalue weighted by Crippen LogP contribution is 2.28. The van der Waals surface area contributed by atoms with Gasteiger partial charge >= 0.3 is 0 Å². The van der Waals surface area contributed by atoms with E-state index in [1.807, 2.05) is 6.07 Å². The molecule has 1 fully saturated rings. The van der Waals surface area contributed by atoms with E-state index >= 15 is 0 Å². The molecule has 1 amide bonds. The van der Waals surface area contributed by atoms with Gasteiger partial charge in [0.15, 0.2) is 0 Å². The van der Waals surface area contributed by atoms with Crippen LogP contribution in [-0.2, 0) is 11.2 Å². The molecule has 10 heteroatoms. The van der Waals surface area contributed by atoms with E-state index in [0.717, 1.165) is 43.7 Å². The number of benzene rings is 1. The summed E-state index contributed by atoms with van der Waals surface area (Å²) in [5.41, 5.74) is 7.01. The van der Waals surface area contributed by atoms with Crippen LogP contribution >= 0.6 is 0 Å². The third-order valence-electron chi connectivity index (χ3n) is 4.96. The topological polar surface area (TPSA) is 139 Å². The third-order valence-corrected chi connectivity index (χ3v) is 4.96. The number of aromatic nitrogens is 2. The number of nitrogens with one attached hydrogen (secondary N) is 2. The molecule has 160 valence electrons. The van der Waals surface area contributed by atoms with Crippen molar-refractivity contribution >= 4 is 34.7 Å². The molecule has 2 heterocycles.